The fourth-order valence-electron chi connectivity index (χ4n) is 5.78. The molecule has 0 unspecified atom stereocenters. The summed E-state index contributed by atoms with van der Waals surface area (Å²) in [5.74, 6) is 0.197. The van der Waals surface area contributed by atoms with Crippen molar-refractivity contribution in [2.75, 3.05) is 23.3 Å². The number of halogens is 2. The first-order valence-electron chi connectivity index (χ1n) is 12.7. The van der Waals surface area contributed by atoms with Crippen molar-refractivity contribution >= 4 is 22.9 Å². The summed E-state index contributed by atoms with van der Waals surface area (Å²) in [6.45, 7) is 3.10. The van der Waals surface area contributed by atoms with Crippen molar-refractivity contribution in [3.8, 4) is 11.4 Å². The molecule has 2 saturated carbocycles. The fourth-order valence-corrected chi connectivity index (χ4v) is 5.78. The van der Waals surface area contributed by atoms with Crippen LogP contribution >= 0.6 is 0 Å². The van der Waals surface area contributed by atoms with Gasteiger partial charge in [-0.25, -0.2) is 13.8 Å². The van der Waals surface area contributed by atoms with Gasteiger partial charge in [-0.3, -0.25) is 9.20 Å². The van der Waals surface area contributed by atoms with E-state index in [2.05, 4.69) is 30.6 Å². The maximum atomic E-state index is 13.3. The summed E-state index contributed by atoms with van der Waals surface area (Å²) >= 11 is 0. The van der Waals surface area contributed by atoms with Crippen molar-refractivity contribution < 1.29 is 18.7 Å². The molecule has 12 heteroatoms. The van der Waals surface area contributed by atoms with Gasteiger partial charge in [-0.1, -0.05) is 12.1 Å². The molecule has 4 heterocycles. The molecule has 0 bridgehead atoms. The molecule has 1 amide bonds. The maximum absolute atomic E-state index is 13.3. The van der Waals surface area contributed by atoms with Crippen molar-refractivity contribution in [2.45, 2.75) is 50.7 Å². The van der Waals surface area contributed by atoms with E-state index in [4.69, 9.17) is 0 Å². The fraction of sp³-hybridized carbons (Fsp3) is 0.423. The number of amides is 1. The first-order chi connectivity index (χ1) is 18.2. The number of aliphatic hydroxyl groups is 1. The number of carbonyl (C=O) groups excluding carboxylic acids is 1. The molecule has 0 radical (unpaired) electrons. The number of hydrogen-bond acceptors (Lipinski definition) is 7. The Morgan fingerprint density at radius 2 is 1.97 bits per heavy atom. The summed E-state index contributed by atoms with van der Waals surface area (Å²) in [6.07, 6.45) is 3.00. The van der Waals surface area contributed by atoms with Crippen LogP contribution in [-0.4, -0.2) is 65.7 Å². The lowest BCUT2D eigenvalue weighted by atomic mass is 9.55. The third-order valence-electron chi connectivity index (χ3n) is 7.95. The van der Waals surface area contributed by atoms with Gasteiger partial charge in [0.15, 0.2) is 0 Å². The zero-order valence-electron chi connectivity index (χ0n) is 20.7. The summed E-state index contributed by atoms with van der Waals surface area (Å²) in [5.41, 5.74) is 2.03. The van der Waals surface area contributed by atoms with Crippen LogP contribution in [0, 0.1) is 12.3 Å². The molecule has 3 aromatic heterocycles. The van der Waals surface area contributed by atoms with Gasteiger partial charge in [0.2, 0.25) is 5.82 Å². The molecular weight excluding hydrogens is 494 g/mol. The molecule has 1 saturated heterocycles. The average Bonchev–Trinajstić information content (AvgIpc) is 3.42. The number of imidazole rings is 1. The molecule has 38 heavy (non-hydrogen) atoms. The molecule has 196 valence electrons. The molecule has 3 aliphatic rings. The van der Waals surface area contributed by atoms with Gasteiger partial charge in [-0.05, 0) is 61.6 Å². The topological polar surface area (TPSA) is 113 Å². The highest BCUT2D eigenvalue weighted by atomic mass is 19.3. The van der Waals surface area contributed by atoms with Gasteiger partial charge < -0.3 is 15.3 Å². The second-order valence-corrected chi connectivity index (χ2v) is 11.0. The number of carbonyl (C=O) groups is 1. The van der Waals surface area contributed by atoms with Gasteiger partial charge in [0.05, 0.1) is 17.9 Å². The standard InChI is InChI=1S/C26H26F2N8O2/c1-15-2-3-16(22-31-33-36(32-22)17-4-5-17)8-19(15)30-23(37)20-9-29-21-7-6-18(10-35(20)21)34-13-25(14-34)11-26(38,12-25)24(27)28/h2-3,6-10,17,24,38H,4-5,11-14H2,1H3,(H,30,37). The number of fused-ring (bicyclic) bond motifs is 1. The largest absolute Gasteiger partial charge is 0.384 e. The van der Waals surface area contributed by atoms with Gasteiger partial charge in [-0.15, -0.1) is 10.2 Å². The monoisotopic (exact) mass is 520 g/mol. The Labute approximate surface area is 216 Å². The minimum absolute atomic E-state index is 0.111. The number of aryl methyl sites for hydroxylation is 1. The van der Waals surface area contributed by atoms with Crippen LogP contribution in [0.3, 0.4) is 0 Å². The highest BCUT2D eigenvalue weighted by Gasteiger charge is 2.63. The number of nitrogens with zero attached hydrogens (tertiary/aromatic N) is 7. The van der Waals surface area contributed by atoms with Crippen molar-refractivity contribution in [1.82, 2.24) is 29.6 Å². The second kappa shape index (κ2) is 8.03. The van der Waals surface area contributed by atoms with Crippen LogP contribution < -0.4 is 10.2 Å². The molecule has 10 nitrogen and oxygen atoms in total. The molecule has 4 aromatic rings. The highest BCUT2D eigenvalue weighted by Crippen LogP contribution is 2.56. The second-order valence-electron chi connectivity index (χ2n) is 11.0. The van der Waals surface area contributed by atoms with E-state index in [-0.39, 0.29) is 24.2 Å². The van der Waals surface area contributed by atoms with Crippen LogP contribution in [-0.2, 0) is 0 Å². The van der Waals surface area contributed by atoms with Gasteiger partial charge in [0.25, 0.3) is 12.3 Å². The zero-order valence-corrected chi connectivity index (χ0v) is 20.7. The minimum Gasteiger partial charge on any atom is -0.384 e. The predicted octanol–water partition coefficient (Wildman–Crippen LogP) is 3.48. The quantitative estimate of drug-likeness (QED) is 0.400. The SMILES string of the molecule is Cc1ccc(-c2nnn(C3CC3)n2)cc1NC(=O)c1cnc2ccc(N3CC4(C3)CC(O)(C(F)F)C4)cn12. The van der Waals surface area contributed by atoms with Crippen LogP contribution in [0.15, 0.2) is 42.7 Å². The predicted molar refractivity (Wildman–Crippen MR) is 134 cm³/mol. The van der Waals surface area contributed by atoms with Crippen LogP contribution in [0.5, 0.6) is 0 Å². The molecule has 2 N–H and O–H groups in total. The Bertz CT molecular complexity index is 1560. The molecule has 1 aromatic carbocycles. The first kappa shape index (κ1) is 23.2. The molecule has 2 aliphatic carbocycles. The minimum atomic E-state index is -2.72. The number of rotatable bonds is 6. The number of tetrazole rings is 1. The Morgan fingerprint density at radius 3 is 2.71 bits per heavy atom. The summed E-state index contributed by atoms with van der Waals surface area (Å²) < 4.78 is 27.8. The van der Waals surface area contributed by atoms with E-state index in [1.165, 1.54) is 6.20 Å². The third-order valence-corrected chi connectivity index (χ3v) is 7.95. The van der Waals surface area contributed by atoms with Crippen LogP contribution in [0.2, 0.25) is 0 Å². The van der Waals surface area contributed by atoms with Crippen LogP contribution in [0.1, 0.15) is 47.8 Å². The van der Waals surface area contributed by atoms with Crippen LogP contribution in [0.4, 0.5) is 20.2 Å². The van der Waals surface area contributed by atoms with Gasteiger partial charge in [-0.2, -0.15) is 4.80 Å². The highest BCUT2D eigenvalue weighted by molar-refractivity contribution is 6.04. The van der Waals surface area contributed by atoms with E-state index in [0.717, 1.165) is 29.7 Å². The van der Waals surface area contributed by atoms with Crippen molar-refractivity contribution in [2.24, 2.45) is 5.41 Å². The Balaban J connectivity index is 1.09. The Hall–Kier alpha value is -3.93. The molecule has 1 aliphatic heterocycles. The van der Waals surface area contributed by atoms with Gasteiger partial charge in [0.1, 0.15) is 16.9 Å². The van der Waals surface area contributed by atoms with Crippen molar-refractivity contribution in [3.05, 3.63) is 54.0 Å². The van der Waals surface area contributed by atoms with E-state index in [9.17, 15) is 18.7 Å². The number of nitrogens with one attached hydrogen (secondary N) is 1. The number of hydrogen-bond donors (Lipinski definition) is 2. The summed E-state index contributed by atoms with van der Waals surface area (Å²) in [7, 11) is 0. The summed E-state index contributed by atoms with van der Waals surface area (Å²) in [6, 6.07) is 9.72. The lowest BCUT2D eigenvalue weighted by Crippen LogP contribution is -2.70. The Kier molecular flexibility index (Phi) is 4.91. The number of benzene rings is 1. The van der Waals surface area contributed by atoms with E-state index in [1.807, 2.05) is 43.5 Å². The zero-order chi connectivity index (χ0) is 26.2. The third kappa shape index (κ3) is 3.73. The Morgan fingerprint density at radius 1 is 1.18 bits per heavy atom. The molecule has 3 fully saturated rings. The van der Waals surface area contributed by atoms with E-state index >= 15 is 0 Å². The molecule has 0 atom stereocenters. The van der Waals surface area contributed by atoms with E-state index in [1.54, 1.807) is 9.20 Å². The average molecular weight is 521 g/mol. The smallest absolute Gasteiger partial charge is 0.274 e. The number of aromatic nitrogens is 6. The summed E-state index contributed by atoms with van der Waals surface area (Å²) in [5, 5.41) is 25.7. The molecule has 7 rings (SSSR count). The van der Waals surface area contributed by atoms with Gasteiger partial charge >= 0.3 is 0 Å². The number of alkyl halides is 2. The number of anilines is 2. The maximum Gasteiger partial charge on any atom is 0.274 e. The first-order valence-corrected chi connectivity index (χ1v) is 12.7. The van der Waals surface area contributed by atoms with Crippen molar-refractivity contribution in [3.63, 3.8) is 0 Å². The van der Waals surface area contributed by atoms with E-state index in [0.29, 0.717) is 42.0 Å². The molecule has 1 spiro atoms. The molecular formula is C26H26F2N8O2. The lowest BCUT2D eigenvalue weighted by Gasteiger charge is -2.62. The lowest BCUT2D eigenvalue weighted by molar-refractivity contribution is -0.209. The normalized spacial score (nSPS) is 19.6. The summed E-state index contributed by atoms with van der Waals surface area (Å²) in [4.78, 5) is 21.4. The van der Waals surface area contributed by atoms with Gasteiger partial charge in [0, 0.05) is 36.0 Å². The van der Waals surface area contributed by atoms with Crippen molar-refractivity contribution in [1.29, 1.82) is 0 Å². The number of pyridine rings is 1. The van der Waals surface area contributed by atoms with E-state index < -0.39 is 12.0 Å². The van der Waals surface area contributed by atoms with Crippen LogP contribution in [0.25, 0.3) is 17.0 Å².